The minimum atomic E-state index is -0.369. The molecule has 1 atom stereocenters. The van der Waals surface area contributed by atoms with Crippen molar-refractivity contribution < 1.29 is 4.39 Å². The Hall–Kier alpha value is -0.810. The molecule has 21 heavy (non-hydrogen) atoms. The number of halogens is 4. The highest BCUT2D eigenvalue weighted by Gasteiger charge is 2.07. The van der Waals surface area contributed by atoms with E-state index in [-0.39, 0.29) is 41.7 Å². The molecular formula is C14H19Cl3FN3. The van der Waals surface area contributed by atoms with Crippen molar-refractivity contribution in [3.63, 3.8) is 0 Å². The SMILES string of the molecule is CC(NCCCn1ccnc1)c1ccc(Cl)c(F)c1.Cl.Cl. The third kappa shape index (κ3) is 6.22. The van der Waals surface area contributed by atoms with Crippen LogP contribution in [0.25, 0.3) is 0 Å². The highest BCUT2D eigenvalue weighted by atomic mass is 35.5. The van der Waals surface area contributed by atoms with Gasteiger partial charge in [-0.15, -0.1) is 24.8 Å². The predicted octanol–water partition coefficient (Wildman–Crippen LogP) is 4.26. The van der Waals surface area contributed by atoms with Crippen LogP contribution in [0.2, 0.25) is 5.02 Å². The van der Waals surface area contributed by atoms with Crippen molar-refractivity contribution in [2.45, 2.75) is 25.9 Å². The smallest absolute Gasteiger partial charge is 0.142 e. The number of benzene rings is 1. The maximum absolute atomic E-state index is 13.3. The van der Waals surface area contributed by atoms with E-state index in [0.29, 0.717) is 0 Å². The van der Waals surface area contributed by atoms with Crippen LogP contribution in [0, 0.1) is 5.82 Å². The van der Waals surface area contributed by atoms with Gasteiger partial charge in [-0.3, -0.25) is 0 Å². The first kappa shape index (κ1) is 20.2. The van der Waals surface area contributed by atoms with Crippen LogP contribution in [0.15, 0.2) is 36.9 Å². The molecule has 1 aromatic carbocycles. The second-order valence-electron chi connectivity index (χ2n) is 4.50. The fourth-order valence-corrected chi connectivity index (χ4v) is 2.02. The largest absolute Gasteiger partial charge is 0.337 e. The number of rotatable bonds is 6. The average Bonchev–Trinajstić information content (AvgIpc) is 2.91. The molecule has 3 nitrogen and oxygen atoms in total. The zero-order chi connectivity index (χ0) is 13.7. The van der Waals surface area contributed by atoms with Crippen molar-refractivity contribution in [1.29, 1.82) is 0 Å². The highest BCUT2D eigenvalue weighted by Crippen LogP contribution is 2.19. The Morgan fingerprint density at radius 2 is 2.14 bits per heavy atom. The van der Waals surface area contributed by atoms with Crippen LogP contribution in [0.3, 0.4) is 0 Å². The minimum absolute atomic E-state index is 0. The molecule has 0 aliphatic rings. The van der Waals surface area contributed by atoms with Crippen LogP contribution >= 0.6 is 36.4 Å². The fourth-order valence-electron chi connectivity index (χ4n) is 1.90. The van der Waals surface area contributed by atoms with Gasteiger partial charge >= 0.3 is 0 Å². The molecule has 0 fully saturated rings. The molecule has 1 aromatic heterocycles. The van der Waals surface area contributed by atoms with Gasteiger partial charge in [0.15, 0.2) is 0 Å². The van der Waals surface area contributed by atoms with E-state index in [1.165, 1.54) is 6.07 Å². The summed E-state index contributed by atoms with van der Waals surface area (Å²) in [6.07, 6.45) is 6.51. The van der Waals surface area contributed by atoms with Gasteiger partial charge in [-0.2, -0.15) is 0 Å². The molecular weight excluding hydrogens is 336 g/mol. The lowest BCUT2D eigenvalue weighted by Crippen LogP contribution is -2.21. The number of aryl methyl sites for hydroxylation is 1. The summed E-state index contributed by atoms with van der Waals surface area (Å²) in [6.45, 7) is 3.80. The summed E-state index contributed by atoms with van der Waals surface area (Å²) >= 11 is 5.67. The summed E-state index contributed by atoms with van der Waals surface area (Å²) in [5, 5.41) is 3.53. The van der Waals surface area contributed by atoms with Gasteiger partial charge in [-0.25, -0.2) is 9.37 Å². The van der Waals surface area contributed by atoms with Crippen molar-refractivity contribution in [1.82, 2.24) is 14.9 Å². The zero-order valence-corrected chi connectivity index (χ0v) is 14.0. The molecule has 1 N–H and O–H groups in total. The first-order valence-corrected chi connectivity index (χ1v) is 6.68. The summed E-state index contributed by atoms with van der Waals surface area (Å²) in [4.78, 5) is 3.99. The van der Waals surface area contributed by atoms with Gasteiger partial charge in [0, 0.05) is 25.0 Å². The summed E-state index contributed by atoms with van der Waals surface area (Å²) in [5.74, 6) is -0.369. The quantitative estimate of drug-likeness (QED) is 0.786. The van der Waals surface area contributed by atoms with Crippen molar-refractivity contribution in [3.8, 4) is 0 Å². The standard InChI is InChI=1S/C14H17ClFN3.2ClH/c1-11(12-3-4-13(15)14(16)9-12)18-5-2-7-19-8-6-17-10-19;;/h3-4,6,8-11,18H,2,5,7H2,1H3;2*1H. The zero-order valence-electron chi connectivity index (χ0n) is 11.6. The van der Waals surface area contributed by atoms with Gasteiger partial charge in [-0.1, -0.05) is 17.7 Å². The van der Waals surface area contributed by atoms with Gasteiger partial charge in [-0.05, 0) is 37.6 Å². The molecule has 0 aliphatic carbocycles. The number of nitrogens with one attached hydrogen (secondary N) is 1. The van der Waals surface area contributed by atoms with E-state index in [4.69, 9.17) is 11.6 Å². The second kappa shape index (κ2) is 10.0. The molecule has 2 aromatic rings. The first-order chi connectivity index (χ1) is 9.16. The van der Waals surface area contributed by atoms with E-state index in [0.717, 1.165) is 25.1 Å². The van der Waals surface area contributed by atoms with Crippen molar-refractivity contribution in [2.24, 2.45) is 0 Å². The van der Waals surface area contributed by atoms with Crippen molar-refractivity contribution in [2.75, 3.05) is 6.54 Å². The molecule has 1 heterocycles. The van der Waals surface area contributed by atoms with Crippen LogP contribution in [-0.2, 0) is 6.54 Å². The van der Waals surface area contributed by atoms with E-state index >= 15 is 0 Å². The summed E-state index contributed by atoms with van der Waals surface area (Å²) < 4.78 is 15.4. The lowest BCUT2D eigenvalue weighted by atomic mass is 10.1. The van der Waals surface area contributed by atoms with E-state index in [2.05, 4.69) is 10.3 Å². The molecule has 0 bridgehead atoms. The van der Waals surface area contributed by atoms with Gasteiger partial charge in [0.1, 0.15) is 5.82 Å². The molecule has 7 heteroatoms. The maximum atomic E-state index is 13.3. The molecule has 0 saturated heterocycles. The van der Waals surface area contributed by atoms with Gasteiger partial charge in [0.2, 0.25) is 0 Å². The molecule has 2 rings (SSSR count). The van der Waals surface area contributed by atoms with E-state index in [1.54, 1.807) is 18.6 Å². The van der Waals surface area contributed by atoms with E-state index in [9.17, 15) is 4.39 Å². The first-order valence-electron chi connectivity index (χ1n) is 6.31. The number of aromatic nitrogens is 2. The van der Waals surface area contributed by atoms with Crippen molar-refractivity contribution in [3.05, 3.63) is 53.3 Å². The van der Waals surface area contributed by atoms with Crippen LogP contribution in [0.4, 0.5) is 4.39 Å². The lowest BCUT2D eigenvalue weighted by Gasteiger charge is -2.14. The van der Waals surface area contributed by atoms with Crippen LogP contribution in [-0.4, -0.2) is 16.1 Å². The second-order valence-corrected chi connectivity index (χ2v) is 4.91. The Morgan fingerprint density at radius 1 is 1.38 bits per heavy atom. The van der Waals surface area contributed by atoms with Crippen LogP contribution in [0.5, 0.6) is 0 Å². The monoisotopic (exact) mass is 353 g/mol. The lowest BCUT2D eigenvalue weighted by molar-refractivity contribution is 0.523. The normalized spacial score (nSPS) is 11.4. The fraction of sp³-hybridized carbons (Fsp3) is 0.357. The number of nitrogens with zero attached hydrogens (tertiary/aromatic N) is 2. The van der Waals surface area contributed by atoms with Crippen LogP contribution < -0.4 is 5.32 Å². The van der Waals surface area contributed by atoms with Crippen molar-refractivity contribution >= 4 is 36.4 Å². The molecule has 0 spiro atoms. The number of imidazole rings is 1. The molecule has 118 valence electrons. The Kier molecular flexibility index (Phi) is 9.62. The summed E-state index contributed by atoms with van der Waals surface area (Å²) in [7, 11) is 0. The van der Waals surface area contributed by atoms with E-state index < -0.39 is 0 Å². The maximum Gasteiger partial charge on any atom is 0.142 e. The Labute approximate surface area is 141 Å². The average molecular weight is 355 g/mol. The molecule has 0 saturated carbocycles. The third-order valence-electron chi connectivity index (χ3n) is 3.05. The van der Waals surface area contributed by atoms with Gasteiger partial charge in [0.25, 0.3) is 0 Å². The predicted molar refractivity (Wildman–Crippen MR) is 89.2 cm³/mol. The number of hydrogen-bond donors (Lipinski definition) is 1. The third-order valence-corrected chi connectivity index (χ3v) is 3.35. The molecule has 1 unspecified atom stereocenters. The Morgan fingerprint density at radius 3 is 2.76 bits per heavy atom. The molecule has 0 aliphatic heterocycles. The summed E-state index contributed by atoms with van der Waals surface area (Å²) in [5.41, 5.74) is 0.907. The highest BCUT2D eigenvalue weighted by molar-refractivity contribution is 6.30. The Bertz CT molecular complexity index is 520. The Balaban J connectivity index is 0.00000200. The van der Waals surface area contributed by atoms with Gasteiger partial charge < -0.3 is 9.88 Å². The van der Waals surface area contributed by atoms with E-state index in [1.807, 2.05) is 23.8 Å². The topological polar surface area (TPSA) is 29.9 Å². The molecule has 0 amide bonds. The minimum Gasteiger partial charge on any atom is -0.337 e. The van der Waals surface area contributed by atoms with Crippen LogP contribution in [0.1, 0.15) is 24.9 Å². The molecule has 0 radical (unpaired) electrons. The van der Waals surface area contributed by atoms with Gasteiger partial charge in [0.05, 0.1) is 11.3 Å². The summed E-state index contributed by atoms with van der Waals surface area (Å²) in [6, 6.07) is 5.03. The number of hydrogen-bond acceptors (Lipinski definition) is 2.